The van der Waals surface area contributed by atoms with Crippen LogP contribution >= 0.6 is 23.2 Å². The van der Waals surface area contributed by atoms with Crippen molar-refractivity contribution in [3.63, 3.8) is 0 Å². The highest BCUT2D eigenvalue weighted by molar-refractivity contribution is 6.36. The van der Waals surface area contributed by atoms with E-state index in [4.69, 9.17) is 27.6 Å². The van der Waals surface area contributed by atoms with Gasteiger partial charge in [-0.05, 0) is 42.5 Å². The minimum atomic E-state index is -0.223. The van der Waals surface area contributed by atoms with E-state index in [9.17, 15) is 4.79 Å². The molecule has 2 heterocycles. The average Bonchev–Trinajstić information content (AvgIpc) is 3.09. The highest BCUT2D eigenvalue weighted by Crippen LogP contribution is 2.27. The number of carbonyl (C=O) groups excluding carboxylic acids is 1. The third-order valence-electron chi connectivity index (χ3n) is 3.22. The number of amides is 1. The summed E-state index contributed by atoms with van der Waals surface area (Å²) in [6.45, 7) is 0.319. The molecule has 0 atom stereocenters. The van der Waals surface area contributed by atoms with Crippen LogP contribution in [0.15, 0.2) is 59.3 Å². The Hall–Kier alpha value is -2.50. The maximum Gasteiger partial charge on any atom is 0.251 e. The molecular weight excluding hydrogens is 349 g/mol. The smallest absolute Gasteiger partial charge is 0.251 e. The molecule has 24 heavy (non-hydrogen) atoms. The summed E-state index contributed by atoms with van der Waals surface area (Å²) in [6, 6.07) is 11.9. The number of pyridine rings is 1. The van der Waals surface area contributed by atoms with Gasteiger partial charge in [-0.25, -0.2) is 4.98 Å². The fourth-order valence-electron chi connectivity index (χ4n) is 2.05. The first-order chi connectivity index (χ1) is 11.6. The third kappa shape index (κ3) is 4.07. The molecule has 3 rings (SSSR count). The summed E-state index contributed by atoms with van der Waals surface area (Å²) in [4.78, 5) is 16.4. The summed E-state index contributed by atoms with van der Waals surface area (Å²) < 4.78 is 5.18. The monoisotopic (exact) mass is 361 g/mol. The second-order valence-corrected chi connectivity index (χ2v) is 5.78. The molecule has 0 bridgehead atoms. The first kappa shape index (κ1) is 16.4. The Morgan fingerprint density at radius 2 is 2.04 bits per heavy atom. The van der Waals surface area contributed by atoms with Crippen LogP contribution in [0.25, 0.3) is 0 Å². The zero-order valence-electron chi connectivity index (χ0n) is 12.4. The van der Waals surface area contributed by atoms with Crippen molar-refractivity contribution in [2.24, 2.45) is 0 Å². The molecule has 0 aliphatic heterocycles. The second kappa shape index (κ2) is 7.38. The number of hydrogen-bond acceptors (Lipinski definition) is 4. The summed E-state index contributed by atoms with van der Waals surface area (Å²) in [7, 11) is 0. The summed E-state index contributed by atoms with van der Waals surface area (Å²) in [5.41, 5.74) is 1.13. The van der Waals surface area contributed by atoms with Gasteiger partial charge in [-0.2, -0.15) is 0 Å². The molecule has 122 valence electrons. The number of nitrogens with zero attached hydrogens (tertiary/aromatic N) is 1. The van der Waals surface area contributed by atoms with E-state index < -0.39 is 0 Å². The van der Waals surface area contributed by atoms with Gasteiger partial charge in [0.1, 0.15) is 11.6 Å². The predicted octanol–water partition coefficient (Wildman–Crippen LogP) is 4.66. The number of benzene rings is 1. The van der Waals surface area contributed by atoms with Gasteiger partial charge in [-0.3, -0.25) is 4.79 Å². The van der Waals surface area contributed by atoms with Gasteiger partial charge in [0.15, 0.2) is 0 Å². The molecule has 0 radical (unpaired) electrons. The van der Waals surface area contributed by atoms with Crippen LogP contribution in [0.5, 0.6) is 0 Å². The standard InChI is InChI=1S/C17H13Cl2N3O2/c18-12-3-4-15(14(19)9-12)22-16-8-11(5-6-20-16)17(23)21-10-13-2-1-7-24-13/h1-9H,10H2,(H,20,22)(H,21,23). The minimum Gasteiger partial charge on any atom is -0.467 e. The largest absolute Gasteiger partial charge is 0.467 e. The number of aromatic nitrogens is 1. The Bertz CT molecular complexity index is 851. The number of rotatable bonds is 5. The van der Waals surface area contributed by atoms with Gasteiger partial charge in [-0.1, -0.05) is 23.2 Å². The summed E-state index contributed by atoms with van der Waals surface area (Å²) in [5.74, 6) is 0.965. The van der Waals surface area contributed by atoms with E-state index in [1.807, 2.05) is 0 Å². The molecule has 0 saturated heterocycles. The maximum absolute atomic E-state index is 12.2. The molecule has 0 spiro atoms. The SMILES string of the molecule is O=C(NCc1ccco1)c1ccnc(Nc2ccc(Cl)cc2Cl)c1. The topological polar surface area (TPSA) is 67.2 Å². The predicted molar refractivity (Wildman–Crippen MR) is 93.9 cm³/mol. The van der Waals surface area contributed by atoms with Crippen LogP contribution in [0, 0.1) is 0 Å². The number of nitrogens with one attached hydrogen (secondary N) is 2. The van der Waals surface area contributed by atoms with E-state index in [0.717, 1.165) is 0 Å². The van der Waals surface area contributed by atoms with Crippen molar-refractivity contribution in [1.82, 2.24) is 10.3 Å². The molecule has 0 aliphatic rings. The quantitative estimate of drug-likeness (QED) is 0.693. The molecular formula is C17H13Cl2N3O2. The minimum absolute atomic E-state index is 0.223. The molecule has 2 aromatic heterocycles. The Morgan fingerprint density at radius 3 is 2.79 bits per heavy atom. The van der Waals surface area contributed by atoms with Crippen molar-refractivity contribution in [2.75, 3.05) is 5.32 Å². The molecule has 7 heteroatoms. The second-order valence-electron chi connectivity index (χ2n) is 4.94. The summed E-state index contributed by atoms with van der Waals surface area (Å²) in [6.07, 6.45) is 3.11. The van der Waals surface area contributed by atoms with Crippen LogP contribution in [-0.2, 0) is 6.54 Å². The van der Waals surface area contributed by atoms with Gasteiger partial charge < -0.3 is 15.1 Å². The zero-order chi connectivity index (χ0) is 16.9. The first-order valence-corrected chi connectivity index (χ1v) is 7.86. The zero-order valence-corrected chi connectivity index (χ0v) is 13.9. The van der Waals surface area contributed by atoms with Crippen molar-refractivity contribution in [1.29, 1.82) is 0 Å². The lowest BCUT2D eigenvalue weighted by Gasteiger charge is -2.09. The molecule has 3 aromatic rings. The lowest BCUT2D eigenvalue weighted by atomic mass is 10.2. The molecule has 2 N–H and O–H groups in total. The van der Waals surface area contributed by atoms with Gasteiger partial charge in [-0.15, -0.1) is 0 Å². The maximum atomic E-state index is 12.2. The third-order valence-corrected chi connectivity index (χ3v) is 3.77. The van der Waals surface area contributed by atoms with E-state index in [1.54, 1.807) is 54.9 Å². The van der Waals surface area contributed by atoms with Gasteiger partial charge in [0, 0.05) is 16.8 Å². The average molecular weight is 362 g/mol. The van der Waals surface area contributed by atoms with Crippen LogP contribution in [-0.4, -0.2) is 10.9 Å². The fourth-order valence-corrected chi connectivity index (χ4v) is 2.51. The van der Waals surface area contributed by atoms with E-state index in [-0.39, 0.29) is 5.91 Å². The van der Waals surface area contributed by atoms with Crippen LogP contribution in [0.1, 0.15) is 16.1 Å². The Labute approximate surface area is 148 Å². The lowest BCUT2D eigenvalue weighted by molar-refractivity contribution is 0.0948. The van der Waals surface area contributed by atoms with Crippen molar-refractivity contribution < 1.29 is 9.21 Å². The first-order valence-electron chi connectivity index (χ1n) is 7.10. The molecule has 0 fully saturated rings. The van der Waals surface area contributed by atoms with E-state index in [0.29, 0.717) is 39.4 Å². The molecule has 0 saturated carbocycles. The van der Waals surface area contributed by atoms with E-state index in [1.165, 1.54) is 0 Å². The van der Waals surface area contributed by atoms with Gasteiger partial charge in [0.25, 0.3) is 5.91 Å². The van der Waals surface area contributed by atoms with Gasteiger partial charge >= 0.3 is 0 Å². The highest BCUT2D eigenvalue weighted by atomic mass is 35.5. The lowest BCUT2D eigenvalue weighted by Crippen LogP contribution is -2.22. The number of halogens is 2. The van der Waals surface area contributed by atoms with E-state index in [2.05, 4.69) is 15.6 Å². The van der Waals surface area contributed by atoms with Crippen LogP contribution in [0.4, 0.5) is 11.5 Å². The van der Waals surface area contributed by atoms with Crippen molar-refractivity contribution in [3.8, 4) is 0 Å². The number of hydrogen-bond donors (Lipinski definition) is 2. The normalized spacial score (nSPS) is 10.4. The van der Waals surface area contributed by atoms with Crippen LogP contribution in [0.3, 0.4) is 0 Å². The summed E-state index contributed by atoms with van der Waals surface area (Å²) >= 11 is 12.0. The van der Waals surface area contributed by atoms with Crippen LogP contribution in [0.2, 0.25) is 10.0 Å². The molecule has 1 aromatic carbocycles. The molecule has 0 aliphatic carbocycles. The Morgan fingerprint density at radius 1 is 1.17 bits per heavy atom. The Balaban J connectivity index is 1.70. The number of furan rings is 1. The summed E-state index contributed by atoms with van der Waals surface area (Å²) in [5, 5.41) is 6.86. The highest BCUT2D eigenvalue weighted by Gasteiger charge is 2.09. The van der Waals surface area contributed by atoms with E-state index >= 15 is 0 Å². The molecule has 1 amide bonds. The Kier molecular flexibility index (Phi) is 5.03. The van der Waals surface area contributed by atoms with Gasteiger partial charge in [0.05, 0.1) is 23.5 Å². The van der Waals surface area contributed by atoms with Crippen molar-refractivity contribution in [3.05, 3.63) is 76.3 Å². The van der Waals surface area contributed by atoms with Crippen LogP contribution < -0.4 is 10.6 Å². The molecule has 0 unspecified atom stereocenters. The number of anilines is 2. The fraction of sp³-hybridized carbons (Fsp3) is 0.0588. The molecule has 5 nitrogen and oxygen atoms in total. The van der Waals surface area contributed by atoms with Crippen molar-refractivity contribution >= 4 is 40.6 Å². The van der Waals surface area contributed by atoms with Crippen molar-refractivity contribution in [2.45, 2.75) is 6.54 Å². The van der Waals surface area contributed by atoms with Gasteiger partial charge in [0.2, 0.25) is 0 Å². The number of carbonyl (C=O) groups is 1.